The van der Waals surface area contributed by atoms with Gasteiger partial charge >= 0.3 is 5.69 Å². The number of benzene rings is 1. The van der Waals surface area contributed by atoms with Crippen molar-refractivity contribution < 1.29 is 4.92 Å². The van der Waals surface area contributed by atoms with Crippen LogP contribution >= 0.6 is 0 Å². The van der Waals surface area contributed by atoms with Crippen LogP contribution in [0.4, 0.5) is 17.3 Å². The molecule has 0 atom stereocenters. The molecule has 0 saturated carbocycles. The zero-order chi connectivity index (χ0) is 15.4. The number of nitrogens with zero attached hydrogens (tertiary/aromatic N) is 5. The Morgan fingerprint density at radius 1 is 1.18 bits per heavy atom. The summed E-state index contributed by atoms with van der Waals surface area (Å²) in [5.41, 5.74) is 1.80. The molecule has 0 saturated heterocycles. The summed E-state index contributed by atoms with van der Waals surface area (Å²) in [7, 11) is 0. The van der Waals surface area contributed by atoms with Gasteiger partial charge in [0.2, 0.25) is 5.95 Å². The zero-order valence-corrected chi connectivity index (χ0v) is 11.5. The van der Waals surface area contributed by atoms with E-state index in [1.807, 2.05) is 35.0 Å². The monoisotopic (exact) mass is 296 g/mol. The summed E-state index contributed by atoms with van der Waals surface area (Å²) in [6, 6.07) is 7.76. The molecule has 0 amide bonds. The summed E-state index contributed by atoms with van der Waals surface area (Å²) in [6.45, 7) is 0.744. The molecule has 0 radical (unpaired) electrons. The molecule has 0 unspecified atom stereocenters. The molecule has 2 aromatic heterocycles. The lowest BCUT2D eigenvalue weighted by Gasteiger charge is -2.06. The maximum absolute atomic E-state index is 10.5. The highest BCUT2D eigenvalue weighted by atomic mass is 16.6. The highest BCUT2D eigenvalue weighted by Gasteiger charge is 2.06. The van der Waals surface area contributed by atoms with Gasteiger partial charge in [-0.05, 0) is 17.7 Å². The first-order valence-electron chi connectivity index (χ1n) is 6.49. The summed E-state index contributed by atoms with van der Waals surface area (Å²) < 4.78 is 1.97. The summed E-state index contributed by atoms with van der Waals surface area (Å²) in [6.07, 6.45) is 7.74. The van der Waals surface area contributed by atoms with Crippen LogP contribution in [0.1, 0.15) is 5.56 Å². The van der Waals surface area contributed by atoms with Gasteiger partial charge in [0.15, 0.2) is 0 Å². The van der Waals surface area contributed by atoms with Crippen molar-refractivity contribution in [2.45, 2.75) is 6.54 Å². The highest BCUT2D eigenvalue weighted by molar-refractivity contribution is 5.53. The van der Waals surface area contributed by atoms with E-state index in [4.69, 9.17) is 0 Å². The number of aromatic nitrogens is 4. The fraction of sp³-hybridized carbons (Fsp3) is 0.0714. The van der Waals surface area contributed by atoms with Gasteiger partial charge in [-0.3, -0.25) is 10.1 Å². The van der Waals surface area contributed by atoms with Crippen molar-refractivity contribution >= 4 is 17.3 Å². The van der Waals surface area contributed by atoms with E-state index >= 15 is 0 Å². The van der Waals surface area contributed by atoms with Gasteiger partial charge < -0.3 is 9.88 Å². The van der Waals surface area contributed by atoms with E-state index in [0.717, 1.165) is 17.8 Å². The number of nitro groups is 1. The minimum atomic E-state index is -0.533. The number of rotatable bonds is 5. The van der Waals surface area contributed by atoms with Gasteiger partial charge in [0.1, 0.15) is 12.4 Å². The molecule has 22 heavy (non-hydrogen) atoms. The Balaban J connectivity index is 1.66. The number of hydrogen-bond donors (Lipinski definition) is 1. The van der Waals surface area contributed by atoms with Gasteiger partial charge in [-0.1, -0.05) is 12.1 Å². The first-order valence-corrected chi connectivity index (χ1v) is 6.49. The smallest absolute Gasteiger partial charge is 0.305 e. The SMILES string of the molecule is O=[N+]([O-])c1cnc(Nc2ccc(Cn3ccnc3)cc2)nc1. The average molecular weight is 296 g/mol. The number of imidazole rings is 1. The topological polar surface area (TPSA) is 98.8 Å². The number of nitrogens with one attached hydrogen (secondary N) is 1. The van der Waals surface area contributed by atoms with Gasteiger partial charge in [0, 0.05) is 24.6 Å². The Labute approximate surface area is 125 Å². The van der Waals surface area contributed by atoms with E-state index < -0.39 is 4.92 Å². The lowest BCUT2D eigenvalue weighted by atomic mass is 10.2. The third kappa shape index (κ3) is 3.23. The zero-order valence-electron chi connectivity index (χ0n) is 11.5. The summed E-state index contributed by atoms with van der Waals surface area (Å²) in [5, 5.41) is 13.5. The molecule has 0 spiro atoms. The first kappa shape index (κ1) is 13.7. The standard InChI is InChI=1S/C14H12N6O2/c21-20(22)13-7-16-14(17-8-13)18-12-3-1-11(2-4-12)9-19-6-5-15-10-19/h1-8,10H,9H2,(H,16,17,18). The highest BCUT2D eigenvalue weighted by Crippen LogP contribution is 2.15. The Kier molecular flexibility index (Phi) is 3.73. The second kappa shape index (κ2) is 6.00. The van der Waals surface area contributed by atoms with Crippen molar-refractivity contribution in [3.05, 3.63) is 71.1 Å². The lowest BCUT2D eigenvalue weighted by Crippen LogP contribution is -1.99. The minimum absolute atomic E-state index is 0.138. The van der Waals surface area contributed by atoms with Crippen molar-refractivity contribution in [3.8, 4) is 0 Å². The molecule has 0 aliphatic rings. The second-order valence-electron chi connectivity index (χ2n) is 4.58. The molecule has 0 aliphatic carbocycles. The van der Waals surface area contributed by atoms with Crippen molar-refractivity contribution in [1.29, 1.82) is 0 Å². The predicted octanol–water partition coefficient (Wildman–Crippen LogP) is 2.37. The van der Waals surface area contributed by atoms with Crippen LogP contribution in [-0.2, 0) is 6.54 Å². The van der Waals surface area contributed by atoms with Crippen LogP contribution in [-0.4, -0.2) is 24.4 Å². The van der Waals surface area contributed by atoms with Crippen LogP contribution in [0.15, 0.2) is 55.4 Å². The summed E-state index contributed by atoms with van der Waals surface area (Å²) in [4.78, 5) is 21.8. The van der Waals surface area contributed by atoms with Gasteiger partial charge in [-0.2, -0.15) is 0 Å². The van der Waals surface area contributed by atoms with Crippen LogP contribution in [0.5, 0.6) is 0 Å². The van der Waals surface area contributed by atoms with Crippen LogP contribution in [0, 0.1) is 10.1 Å². The fourth-order valence-corrected chi connectivity index (χ4v) is 1.89. The molecule has 3 rings (SSSR count). The number of anilines is 2. The third-order valence-electron chi connectivity index (χ3n) is 2.98. The van der Waals surface area contributed by atoms with Crippen molar-refractivity contribution in [1.82, 2.24) is 19.5 Å². The largest absolute Gasteiger partial charge is 0.333 e. The van der Waals surface area contributed by atoms with Gasteiger partial charge in [-0.15, -0.1) is 0 Å². The van der Waals surface area contributed by atoms with Gasteiger partial charge in [-0.25, -0.2) is 15.0 Å². The summed E-state index contributed by atoms with van der Waals surface area (Å²) >= 11 is 0. The van der Waals surface area contributed by atoms with E-state index in [9.17, 15) is 10.1 Å². The maximum Gasteiger partial charge on any atom is 0.305 e. The maximum atomic E-state index is 10.5. The normalized spacial score (nSPS) is 10.4. The van der Waals surface area contributed by atoms with Gasteiger partial charge in [0.25, 0.3) is 0 Å². The molecule has 1 N–H and O–H groups in total. The Hall–Kier alpha value is -3.29. The quantitative estimate of drug-likeness (QED) is 0.573. The fourth-order valence-electron chi connectivity index (χ4n) is 1.89. The Bertz CT molecular complexity index is 753. The molecule has 3 aromatic rings. The van der Waals surface area contributed by atoms with Crippen LogP contribution < -0.4 is 5.32 Å². The van der Waals surface area contributed by atoms with E-state index in [1.165, 1.54) is 12.4 Å². The van der Waals surface area contributed by atoms with Gasteiger partial charge in [0.05, 0.1) is 11.3 Å². The van der Waals surface area contributed by atoms with Crippen molar-refractivity contribution in [2.24, 2.45) is 0 Å². The molecule has 1 aromatic carbocycles. The van der Waals surface area contributed by atoms with E-state index in [2.05, 4.69) is 20.3 Å². The average Bonchev–Trinajstić information content (AvgIpc) is 3.03. The summed E-state index contributed by atoms with van der Waals surface area (Å²) in [5.74, 6) is 0.313. The molecule has 8 nitrogen and oxygen atoms in total. The lowest BCUT2D eigenvalue weighted by molar-refractivity contribution is -0.385. The molecule has 0 fully saturated rings. The molecular weight excluding hydrogens is 284 g/mol. The van der Waals surface area contributed by atoms with E-state index in [1.54, 1.807) is 12.5 Å². The second-order valence-corrected chi connectivity index (χ2v) is 4.58. The Morgan fingerprint density at radius 3 is 2.50 bits per heavy atom. The molecule has 8 heteroatoms. The van der Waals surface area contributed by atoms with Crippen LogP contribution in [0.2, 0.25) is 0 Å². The van der Waals surface area contributed by atoms with Crippen LogP contribution in [0.3, 0.4) is 0 Å². The first-order chi connectivity index (χ1) is 10.7. The molecular formula is C14H12N6O2. The Morgan fingerprint density at radius 2 is 1.91 bits per heavy atom. The van der Waals surface area contributed by atoms with Crippen molar-refractivity contribution in [3.63, 3.8) is 0 Å². The van der Waals surface area contributed by atoms with Crippen LogP contribution in [0.25, 0.3) is 0 Å². The van der Waals surface area contributed by atoms with E-state index in [0.29, 0.717) is 5.95 Å². The third-order valence-corrected chi connectivity index (χ3v) is 2.98. The van der Waals surface area contributed by atoms with E-state index in [-0.39, 0.29) is 5.69 Å². The molecule has 2 heterocycles. The van der Waals surface area contributed by atoms with Crippen molar-refractivity contribution in [2.75, 3.05) is 5.32 Å². The molecule has 0 bridgehead atoms. The minimum Gasteiger partial charge on any atom is -0.333 e. The number of hydrogen-bond acceptors (Lipinski definition) is 6. The molecule has 110 valence electrons. The predicted molar refractivity (Wildman–Crippen MR) is 79.7 cm³/mol. The molecule has 0 aliphatic heterocycles.